The topological polar surface area (TPSA) is 18.5 Å². The highest BCUT2D eigenvalue weighted by Gasteiger charge is 2.52. The van der Waals surface area contributed by atoms with E-state index in [9.17, 15) is 8.78 Å². The molecule has 0 saturated carbocycles. The van der Waals surface area contributed by atoms with E-state index in [0.717, 1.165) is 5.47 Å². The molecule has 18 heavy (non-hydrogen) atoms. The Bertz CT molecular complexity index is 393. The minimum Gasteiger partial charge on any atom is -0.400 e. The molecule has 0 N–H and O–H groups in total. The van der Waals surface area contributed by atoms with E-state index in [1.807, 2.05) is 33.8 Å². The molecule has 0 radical (unpaired) electrons. The minimum absolute atomic E-state index is 0.232. The van der Waals surface area contributed by atoms with Crippen molar-refractivity contribution in [3.05, 3.63) is 23.2 Å². The largest absolute Gasteiger partial charge is 0.490 e. The van der Waals surface area contributed by atoms with Gasteiger partial charge in [0.2, 0.25) is 0 Å². The van der Waals surface area contributed by atoms with Crippen LogP contribution in [0.5, 0.6) is 0 Å². The lowest BCUT2D eigenvalue weighted by Gasteiger charge is -2.32. The molecule has 0 unspecified atom stereocenters. The van der Waals surface area contributed by atoms with E-state index in [2.05, 4.69) is 0 Å². The average molecular weight is 256 g/mol. The van der Waals surface area contributed by atoms with Crippen molar-refractivity contribution in [2.24, 2.45) is 0 Å². The van der Waals surface area contributed by atoms with Gasteiger partial charge in [-0.1, -0.05) is 6.08 Å². The summed E-state index contributed by atoms with van der Waals surface area (Å²) in [6.45, 7) is 7.96. The van der Waals surface area contributed by atoms with Gasteiger partial charge in [-0.15, -0.1) is 0 Å². The van der Waals surface area contributed by atoms with Crippen molar-refractivity contribution in [1.82, 2.24) is 0 Å². The second kappa shape index (κ2) is 4.46. The van der Waals surface area contributed by atoms with Crippen LogP contribution in [-0.4, -0.2) is 18.3 Å². The molecule has 5 heteroatoms. The third kappa shape index (κ3) is 2.38. The lowest BCUT2D eigenvalue weighted by molar-refractivity contribution is 0.00578. The maximum Gasteiger partial charge on any atom is 0.490 e. The second-order valence-corrected chi connectivity index (χ2v) is 5.94. The van der Waals surface area contributed by atoms with Crippen molar-refractivity contribution in [2.45, 2.75) is 58.2 Å². The Balaban J connectivity index is 2.11. The molecule has 0 aromatic heterocycles. The van der Waals surface area contributed by atoms with Crippen molar-refractivity contribution in [3.8, 4) is 0 Å². The van der Waals surface area contributed by atoms with Crippen LogP contribution in [0.4, 0.5) is 8.78 Å². The molecule has 0 bridgehead atoms. The van der Waals surface area contributed by atoms with Crippen LogP contribution in [0.2, 0.25) is 0 Å². The molecule has 1 fully saturated rings. The third-order valence-corrected chi connectivity index (χ3v) is 4.15. The van der Waals surface area contributed by atoms with E-state index in [0.29, 0.717) is 19.3 Å². The van der Waals surface area contributed by atoms with Crippen LogP contribution in [0.15, 0.2) is 23.2 Å². The number of hydrogen-bond donors (Lipinski definition) is 0. The normalized spacial score (nSPS) is 26.2. The van der Waals surface area contributed by atoms with Crippen LogP contribution in [-0.2, 0) is 9.31 Å². The summed E-state index contributed by atoms with van der Waals surface area (Å²) in [6.07, 6.45) is 1.57. The Morgan fingerprint density at radius 1 is 1.11 bits per heavy atom. The average Bonchev–Trinajstić information content (AvgIpc) is 2.48. The second-order valence-electron chi connectivity index (χ2n) is 5.94. The van der Waals surface area contributed by atoms with Gasteiger partial charge in [0.05, 0.1) is 11.2 Å². The summed E-state index contributed by atoms with van der Waals surface area (Å²) in [5.41, 5.74) is 0.467. The highest BCUT2D eigenvalue weighted by molar-refractivity contribution is 6.54. The van der Waals surface area contributed by atoms with Gasteiger partial charge < -0.3 is 9.31 Å². The van der Waals surface area contributed by atoms with E-state index in [1.54, 1.807) is 0 Å². The van der Waals surface area contributed by atoms with Crippen LogP contribution in [0.1, 0.15) is 47.0 Å². The molecule has 0 aromatic rings. The van der Waals surface area contributed by atoms with Crippen molar-refractivity contribution in [1.29, 1.82) is 0 Å². The van der Waals surface area contributed by atoms with Crippen molar-refractivity contribution < 1.29 is 18.1 Å². The molecule has 0 aromatic carbocycles. The Hall–Kier alpha value is -0.675. The van der Waals surface area contributed by atoms with Gasteiger partial charge in [0.1, 0.15) is 0 Å². The lowest BCUT2D eigenvalue weighted by atomic mass is 9.72. The molecule has 1 heterocycles. The first kappa shape index (κ1) is 13.7. The van der Waals surface area contributed by atoms with Gasteiger partial charge >= 0.3 is 7.12 Å². The molecular weight excluding hydrogens is 237 g/mol. The maximum atomic E-state index is 12.5. The standard InChI is InChI=1S/C13H19BF2O2/c1-12(2)13(3,4)18-14(17-12)10-7-5-9(6-8-10)11(15)16/h7H,5-6,8H2,1-4H3. The number of allylic oxidation sites excluding steroid dienone is 3. The van der Waals surface area contributed by atoms with Crippen LogP contribution in [0.25, 0.3) is 0 Å². The molecule has 2 nitrogen and oxygen atoms in total. The highest BCUT2D eigenvalue weighted by atomic mass is 19.3. The first-order valence-corrected chi connectivity index (χ1v) is 6.30. The van der Waals surface area contributed by atoms with Crippen molar-refractivity contribution in [3.63, 3.8) is 0 Å². The molecular formula is C13H19BF2O2. The Morgan fingerprint density at radius 3 is 2.06 bits per heavy atom. The fraction of sp³-hybridized carbons (Fsp3) is 0.692. The van der Waals surface area contributed by atoms with Crippen LogP contribution < -0.4 is 0 Å². The summed E-state index contributed by atoms with van der Waals surface area (Å²) in [5, 5.41) is 0. The predicted molar refractivity (Wildman–Crippen MR) is 67.3 cm³/mol. The molecule has 0 amide bonds. The molecule has 2 rings (SSSR count). The summed E-state index contributed by atoms with van der Waals surface area (Å²) in [5.74, 6) is 0. The predicted octanol–water partition coefficient (Wildman–Crippen LogP) is 3.88. The zero-order valence-corrected chi connectivity index (χ0v) is 11.3. The molecule has 1 aliphatic heterocycles. The summed E-state index contributed by atoms with van der Waals surface area (Å²) in [4.78, 5) is 0. The van der Waals surface area contributed by atoms with E-state index < -0.39 is 6.08 Å². The van der Waals surface area contributed by atoms with Gasteiger partial charge in [-0.05, 0) is 58.0 Å². The number of rotatable bonds is 1. The van der Waals surface area contributed by atoms with Gasteiger partial charge in [-0.25, -0.2) is 0 Å². The molecule has 2 aliphatic rings. The zero-order valence-electron chi connectivity index (χ0n) is 11.3. The molecule has 1 aliphatic carbocycles. The Morgan fingerprint density at radius 2 is 1.67 bits per heavy atom. The van der Waals surface area contributed by atoms with Crippen LogP contribution in [0.3, 0.4) is 0 Å². The van der Waals surface area contributed by atoms with Gasteiger partial charge in [0.25, 0.3) is 6.08 Å². The van der Waals surface area contributed by atoms with Gasteiger partial charge in [0.15, 0.2) is 0 Å². The van der Waals surface area contributed by atoms with E-state index in [4.69, 9.17) is 9.31 Å². The van der Waals surface area contributed by atoms with Crippen LogP contribution in [0, 0.1) is 0 Å². The van der Waals surface area contributed by atoms with Crippen molar-refractivity contribution >= 4 is 7.12 Å². The van der Waals surface area contributed by atoms with Gasteiger partial charge in [-0.3, -0.25) is 0 Å². The Kier molecular flexibility index (Phi) is 3.41. The summed E-state index contributed by atoms with van der Waals surface area (Å²) >= 11 is 0. The minimum atomic E-state index is -1.54. The fourth-order valence-corrected chi connectivity index (χ4v) is 2.13. The molecule has 0 spiro atoms. The summed E-state index contributed by atoms with van der Waals surface area (Å²) in [6, 6.07) is 0. The maximum absolute atomic E-state index is 12.5. The van der Waals surface area contributed by atoms with Crippen molar-refractivity contribution in [2.75, 3.05) is 0 Å². The Labute approximate surface area is 107 Å². The lowest BCUT2D eigenvalue weighted by Crippen LogP contribution is -2.41. The molecule has 100 valence electrons. The van der Waals surface area contributed by atoms with E-state index >= 15 is 0 Å². The number of halogens is 2. The zero-order chi connectivity index (χ0) is 13.6. The van der Waals surface area contributed by atoms with Gasteiger partial charge in [0, 0.05) is 0 Å². The highest BCUT2D eigenvalue weighted by Crippen LogP contribution is 2.40. The fourth-order valence-electron chi connectivity index (χ4n) is 2.13. The number of hydrogen-bond acceptors (Lipinski definition) is 2. The van der Waals surface area contributed by atoms with E-state index in [-0.39, 0.29) is 23.9 Å². The SMILES string of the molecule is CC1(C)OB(C2=CCC(=C(F)F)CC2)OC1(C)C. The molecule has 0 atom stereocenters. The quantitative estimate of drug-likeness (QED) is 0.663. The third-order valence-electron chi connectivity index (χ3n) is 4.15. The summed E-state index contributed by atoms with van der Waals surface area (Å²) in [7, 11) is -0.390. The first-order valence-electron chi connectivity index (χ1n) is 6.30. The van der Waals surface area contributed by atoms with Gasteiger partial charge in [-0.2, -0.15) is 8.78 Å². The smallest absolute Gasteiger partial charge is 0.400 e. The monoisotopic (exact) mass is 256 g/mol. The molecule has 1 saturated heterocycles. The first-order chi connectivity index (χ1) is 8.23. The van der Waals surface area contributed by atoms with Crippen LogP contribution >= 0.6 is 0 Å². The van der Waals surface area contributed by atoms with E-state index in [1.165, 1.54) is 0 Å². The summed E-state index contributed by atoms with van der Waals surface area (Å²) < 4.78 is 36.7.